The van der Waals surface area contributed by atoms with Gasteiger partial charge in [0.05, 0.1) is 6.10 Å². The number of amides is 1. The van der Waals surface area contributed by atoms with Crippen LogP contribution in [0.1, 0.15) is 25.8 Å². The lowest BCUT2D eigenvalue weighted by molar-refractivity contribution is -0.132. The lowest BCUT2D eigenvalue weighted by Gasteiger charge is -2.34. The Balaban J connectivity index is 1.35. The Morgan fingerprint density at radius 2 is 1.68 bits per heavy atom. The third kappa shape index (κ3) is 6.27. The summed E-state index contributed by atoms with van der Waals surface area (Å²) in [5.41, 5.74) is 2.34. The van der Waals surface area contributed by atoms with Gasteiger partial charge >= 0.3 is 0 Å². The molecule has 1 heterocycles. The normalized spacial score (nSPS) is 14.9. The molecule has 1 aliphatic rings. The molecule has 1 aliphatic heterocycles. The fourth-order valence-corrected chi connectivity index (χ4v) is 3.39. The zero-order valence-corrected chi connectivity index (χ0v) is 16.9. The van der Waals surface area contributed by atoms with E-state index in [1.807, 2.05) is 49.1 Å². The average Bonchev–Trinajstić information content (AvgIpc) is 2.70. The number of carbonyl (C=O) groups excluding carboxylic acids is 1. The molecule has 0 aromatic heterocycles. The van der Waals surface area contributed by atoms with Crippen molar-refractivity contribution in [2.75, 3.05) is 38.0 Å². The van der Waals surface area contributed by atoms with Gasteiger partial charge in [0.15, 0.2) is 0 Å². The van der Waals surface area contributed by atoms with Gasteiger partial charge in [0.25, 0.3) is 0 Å². The Labute approximate surface area is 168 Å². The average molecular weight is 382 g/mol. The van der Waals surface area contributed by atoms with Crippen LogP contribution in [0.15, 0.2) is 54.6 Å². The van der Waals surface area contributed by atoms with Gasteiger partial charge in [-0.05, 0) is 43.7 Å². The number of nitrogens with zero attached hydrogens (tertiary/aromatic N) is 2. The molecule has 3 rings (SSSR count). The summed E-state index contributed by atoms with van der Waals surface area (Å²) in [6.45, 7) is 9.13. The van der Waals surface area contributed by atoms with E-state index in [1.54, 1.807) is 0 Å². The molecule has 0 spiro atoms. The molecule has 0 saturated carbocycles. The second-order valence-electron chi connectivity index (χ2n) is 7.51. The molecule has 2 aromatic carbocycles. The van der Waals surface area contributed by atoms with Gasteiger partial charge in [-0.1, -0.05) is 30.3 Å². The quantitative estimate of drug-likeness (QED) is 0.759. The minimum absolute atomic E-state index is 0.171. The third-order valence-corrected chi connectivity index (χ3v) is 4.87. The first-order chi connectivity index (χ1) is 13.6. The summed E-state index contributed by atoms with van der Waals surface area (Å²) in [7, 11) is 0. The highest BCUT2D eigenvalue weighted by atomic mass is 16.5. The van der Waals surface area contributed by atoms with E-state index in [0.29, 0.717) is 13.0 Å². The fraction of sp³-hybridized carbons (Fsp3) is 0.435. The molecule has 1 amide bonds. The predicted molar refractivity (Wildman–Crippen MR) is 114 cm³/mol. The highest BCUT2D eigenvalue weighted by Gasteiger charge is 2.20. The maximum Gasteiger partial charge on any atom is 0.224 e. The second-order valence-corrected chi connectivity index (χ2v) is 7.51. The van der Waals surface area contributed by atoms with Crippen LogP contribution < -0.4 is 10.1 Å². The van der Waals surface area contributed by atoms with Gasteiger partial charge in [-0.15, -0.1) is 0 Å². The molecular weight excluding hydrogens is 350 g/mol. The van der Waals surface area contributed by atoms with Crippen LogP contribution in [-0.2, 0) is 11.3 Å². The van der Waals surface area contributed by atoms with E-state index in [2.05, 4.69) is 34.5 Å². The first kappa shape index (κ1) is 20.2. The van der Waals surface area contributed by atoms with Crippen molar-refractivity contribution < 1.29 is 9.53 Å². The number of nitrogens with one attached hydrogen (secondary N) is 1. The Morgan fingerprint density at radius 1 is 1.00 bits per heavy atom. The van der Waals surface area contributed by atoms with Crippen LogP contribution in [-0.4, -0.2) is 54.5 Å². The number of ether oxygens (including phenoxy) is 1. The minimum atomic E-state index is 0.171. The van der Waals surface area contributed by atoms with Crippen molar-refractivity contribution in [2.45, 2.75) is 32.9 Å². The zero-order valence-electron chi connectivity index (χ0n) is 16.9. The van der Waals surface area contributed by atoms with Crippen LogP contribution in [0.2, 0.25) is 0 Å². The van der Waals surface area contributed by atoms with Crippen molar-refractivity contribution in [2.24, 2.45) is 0 Å². The number of anilines is 1. The molecule has 5 heteroatoms. The van der Waals surface area contributed by atoms with E-state index < -0.39 is 0 Å². The van der Waals surface area contributed by atoms with Crippen LogP contribution in [0.4, 0.5) is 5.69 Å². The highest BCUT2D eigenvalue weighted by Crippen LogP contribution is 2.17. The predicted octanol–water partition coefficient (Wildman–Crippen LogP) is 3.62. The summed E-state index contributed by atoms with van der Waals surface area (Å²) in [6, 6.07) is 18.4. The molecule has 28 heavy (non-hydrogen) atoms. The molecule has 0 atom stereocenters. The number of piperazine rings is 1. The molecular formula is C23H31N3O2. The number of hydrogen-bond donors (Lipinski definition) is 1. The summed E-state index contributed by atoms with van der Waals surface area (Å²) in [4.78, 5) is 16.9. The Morgan fingerprint density at radius 3 is 2.32 bits per heavy atom. The van der Waals surface area contributed by atoms with E-state index in [4.69, 9.17) is 4.74 Å². The van der Waals surface area contributed by atoms with E-state index in [9.17, 15) is 4.79 Å². The molecule has 5 nitrogen and oxygen atoms in total. The smallest absolute Gasteiger partial charge is 0.224 e. The van der Waals surface area contributed by atoms with Gasteiger partial charge in [0, 0.05) is 51.4 Å². The Kier molecular flexibility index (Phi) is 7.31. The van der Waals surface area contributed by atoms with Gasteiger partial charge in [0.1, 0.15) is 5.75 Å². The van der Waals surface area contributed by atoms with E-state index in [-0.39, 0.29) is 12.0 Å². The summed E-state index contributed by atoms with van der Waals surface area (Å²) in [5, 5.41) is 3.32. The second kappa shape index (κ2) is 10.1. The number of carbonyl (C=O) groups is 1. The summed E-state index contributed by atoms with van der Waals surface area (Å²) < 4.78 is 5.64. The van der Waals surface area contributed by atoms with Gasteiger partial charge in [-0.25, -0.2) is 0 Å². The van der Waals surface area contributed by atoms with Crippen LogP contribution in [0.25, 0.3) is 0 Å². The fourth-order valence-electron chi connectivity index (χ4n) is 3.39. The molecule has 1 saturated heterocycles. The van der Waals surface area contributed by atoms with Crippen molar-refractivity contribution in [3.63, 3.8) is 0 Å². The van der Waals surface area contributed by atoms with Crippen LogP contribution >= 0.6 is 0 Å². The molecule has 0 radical (unpaired) electrons. The Bertz CT molecular complexity index is 723. The van der Waals surface area contributed by atoms with E-state index in [0.717, 1.165) is 44.2 Å². The number of rotatable bonds is 8. The first-order valence-corrected chi connectivity index (χ1v) is 10.1. The van der Waals surface area contributed by atoms with Crippen LogP contribution in [0, 0.1) is 0 Å². The van der Waals surface area contributed by atoms with Gasteiger partial charge in [-0.3, -0.25) is 9.69 Å². The zero-order chi connectivity index (χ0) is 19.8. The SMILES string of the molecule is CC(C)Oc1ccc(NCCC(=O)N2CCN(Cc3ccccc3)CC2)cc1. The van der Waals surface area contributed by atoms with Crippen molar-refractivity contribution in [1.29, 1.82) is 0 Å². The number of benzene rings is 2. The minimum Gasteiger partial charge on any atom is -0.491 e. The van der Waals surface area contributed by atoms with Crippen molar-refractivity contribution in [3.05, 3.63) is 60.2 Å². The molecule has 1 fully saturated rings. The van der Waals surface area contributed by atoms with Crippen molar-refractivity contribution in [3.8, 4) is 5.75 Å². The van der Waals surface area contributed by atoms with Crippen LogP contribution in [0.3, 0.4) is 0 Å². The number of hydrogen-bond acceptors (Lipinski definition) is 4. The Hall–Kier alpha value is -2.53. The van der Waals surface area contributed by atoms with Crippen molar-refractivity contribution >= 4 is 11.6 Å². The summed E-state index contributed by atoms with van der Waals surface area (Å²) in [6.07, 6.45) is 0.688. The topological polar surface area (TPSA) is 44.8 Å². The standard InChI is InChI=1S/C23H31N3O2/c1-19(2)28-22-10-8-21(9-11-22)24-13-12-23(27)26-16-14-25(15-17-26)18-20-6-4-3-5-7-20/h3-11,19,24H,12-18H2,1-2H3. The molecule has 150 valence electrons. The maximum absolute atomic E-state index is 12.5. The lowest BCUT2D eigenvalue weighted by atomic mass is 10.2. The van der Waals surface area contributed by atoms with Gasteiger partial charge < -0.3 is 15.0 Å². The van der Waals surface area contributed by atoms with E-state index in [1.165, 1.54) is 5.56 Å². The largest absolute Gasteiger partial charge is 0.491 e. The lowest BCUT2D eigenvalue weighted by Crippen LogP contribution is -2.48. The molecule has 1 N–H and O–H groups in total. The molecule has 0 bridgehead atoms. The van der Waals surface area contributed by atoms with Gasteiger partial charge in [0.2, 0.25) is 5.91 Å². The third-order valence-electron chi connectivity index (χ3n) is 4.87. The highest BCUT2D eigenvalue weighted by molar-refractivity contribution is 5.76. The van der Waals surface area contributed by atoms with Gasteiger partial charge in [-0.2, -0.15) is 0 Å². The van der Waals surface area contributed by atoms with E-state index >= 15 is 0 Å². The van der Waals surface area contributed by atoms with Crippen molar-refractivity contribution in [1.82, 2.24) is 9.80 Å². The molecule has 0 aliphatic carbocycles. The monoisotopic (exact) mass is 381 g/mol. The molecule has 0 unspecified atom stereocenters. The summed E-state index contributed by atoms with van der Waals surface area (Å²) in [5.74, 6) is 1.09. The first-order valence-electron chi connectivity index (χ1n) is 10.1. The molecule has 2 aromatic rings. The maximum atomic E-state index is 12.5. The summed E-state index contributed by atoms with van der Waals surface area (Å²) >= 11 is 0. The van der Waals surface area contributed by atoms with Crippen LogP contribution in [0.5, 0.6) is 5.75 Å².